The molecule has 0 spiro atoms. The van der Waals surface area contributed by atoms with Gasteiger partial charge in [0.2, 0.25) is 0 Å². The van der Waals surface area contributed by atoms with Gasteiger partial charge >= 0.3 is 0 Å². The zero-order chi connectivity index (χ0) is 11.0. The van der Waals surface area contributed by atoms with E-state index in [2.05, 4.69) is 16.0 Å². The van der Waals surface area contributed by atoms with E-state index in [1.165, 1.54) is 0 Å². The minimum absolute atomic E-state index is 0.0871. The number of fused-ring (bicyclic) bond motifs is 1. The topological polar surface area (TPSA) is 53.2 Å². The van der Waals surface area contributed by atoms with E-state index in [1.54, 1.807) is 0 Å². The third-order valence-electron chi connectivity index (χ3n) is 2.63. The first-order valence-corrected chi connectivity index (χ1v) is 5.17. The molecule has 3 N–H and O–H groups in total. The monoisotopic (exact) mass is 213 g/mol. The van der Waals surface area contributed by atoms with Crippen LogP contribution in [0.15, 0.2) is 47.8 Å². The van der Waals surface area contributed by atoms with E-state index in [0.717, 1.165) is 23.7 Å². The molecule has 0 saturated carbocycles. The first kappa shape index (κ1) is 9.03. The van der Waals surface area contributed by atoms with Crippen LogP contribution in [-0.4, -0.2) is 12.5 Å². The highest BCUT2D eigenvalue weighted by atomic mass is 16.1. The van der Waals surface area contributed by atoms with Gasteiger partial charge in [-0.2, -0.15) is 0 Å². The molecular formula is C12H11N3O. The van der Waals surface area contributed by atoms with Crippen molar-refractivity contribution < 1.29 is 4.79 Å². The second-order valence-corrected chi connectivity index (χ2v) is 3.70. The van der Waals surface area contributed by atoms with Crippen LogP contribution in [-0.2, 0) is 4.79 Å². The number of nitrogens with one attached hydrogen (secondary N) is 3. The molecule has 4 nitrogen and oxygen atoms in total. The summed E-state index contributed by atoms with van der Waals surface area (Å²) >= 11 is 0. The average molecular weight is 213 g/mol. The van der Waals surface area contributed by atoms with Gasteiger partial charge in [-0.25, -0.2) is 0 Å². The predicted octanol–water partition coefficient (Wildman–Crippen LogP) is 1.42. The minimum atomic E-state index is -0.0871. The van der Waals surface area contributed by atoms with Gasteiger partial charge in [0.1, 0.15) is 5.82 Å². The van der Waals surface area contributed by atoms with Crippen molar-refractivity contribution >= 4 is 17.3 Å². The van der Waals surface area contributed by atoms with Crippen LogP contribution in [0.2, 0.25) is 0 Å². The third kappa shape index (κ3) is 1.35. The average Bonchev–Trinajstić information content (AvgIpc) is 2.45. The molecule has 0 unspecified atom stereocenters. The summed E-state index contributed by atoms with van der Waals surface area (Å²) in [6, 6.07) is 7.64. The lowest BCUT2D eigenvalue weighted by Crippen LogP contribution is -2.26. The van der Waals surface area contributed by atoms with Gasteiger partial charge in [0.05, 0.1) is 16.9 Å². The Balaban J connectivity index is 2.10. The summed E-state index contributed by atoms with van der Waals surface area (Å²) in [4.78, 5) is 11.9. The van der Waals surface area contributed by atoms with E-state index >= 15 is 0 Å². The number of carbonyl (C=O) groups excluding carboxylic acids is 1. The fourth-order valence-electron chi connectivity index (χ4n) is 1.84. The first-order valence-electron chi connectivity index (χ1n) is 5.17. The molecule has 1 aromatic carbocycles. The molecule has 0 aliphatic carbocycles. The maximum Gasteiger partial charge on any atom is 0.259 e. The van der Waals surface area contributed by atoms with Gasteiger partial charge in [0.25, 0.3) is 5.91 Å². The standard InChI is InChI=1S/C12H11N3O/c16-12-8-4-3-7-13-11(8)14-9-5-1-2-6-10(9)15-12/h1-6,13-14H,7H2,(H,15,16). The lowest BCUT2D eigenvalue weighted by atomic mass is 10.2. The molecule has 80 valence electrons. The first-order chi connectivity index (χ1) is 7.84. The van der Waals surface area contributed by atoms with Crippen LogP contribution in [0.1, 0.15) is 0 Å². The Morgan fingerprint density at radius 2 is 1.81 bits per heavy atom. The Labute approximate surface area is 93.0 Å². The lowest BCUT2D eigenvalue weighted by Gasteiger charge is -2.15. The summed E-state index contributed by atoms with van der Waals surface area (Å²) in [5, 5.41) is 9.25. The molecule has 0 bridgehead atoms. The molecule has 0 fully saturated rings. The van der Waals surface area contributed by atoms with Crippen LogP contribution in [0.3, 0.4) is 0 Å². The highest BCUT2D eigenvalue weighted by Gasteiger charge is 2.20. The molecule has 1 amide bonds. The van der Waals surface area contributed by atoms with E-state index < -0.39 is 0 Å². The molecule has 3 rings (SSSR count). The number of benzene rings is 1. The van der Waals surface area contributed by atoms with Gasteiger partial charge in [0, 0.05) is 6.54 Å². The Hall–Kier alpha value is -2.23. The van der Waals surface area contributed by atoms with Crippen LogP contribution >= 0.6 is 0 Å². The normalized spacial score (nSPS) is 17.6. The molecule has 0 radical (unpaired) electrons. The largest absolute Gasteiger partial charge is 0.367 e. The number of para-hydroxylation sites is 2. The summed E-state index contributed by atoms with van der Waals surface area (Å²) in [6.45, 7) is 0.737. The minimum Gasteiger partial charge on any atom is -0.367 e. The Morgan fingerprint density at radius 1 is 1.06 bits per heavy atom. The van der Waals surface area contributed by atoms with Crippen LogP contribution in [0.25, 0.3) is 0 Å². The molecule has 16 heavy (non-hydrogen) atoms. The number of hydrogen-bond donors (Lipinski definition) is 3. The fraction of sp³-hybridized carbons (Fsp3) is 0.0833. The highest BCUT2D eigenvalue weighted by Crippen LogP contribution is 2.27. The number of rotatable bonds is 0. The van der Waals surface area contributed by atoms with Crippen molar-refractivity contribution in [1.82, 2.24) is 5.32 Å². The van der Waals surface area contributed by atoms with E-state index in [9.17, 15) is 4.79 Å². The van der Waals surface area contributed by atoms with Crippen molar-refractivity contribution in [2.24, 2.45) is 0 Å². The molecule has 4 heteroatoms. The fourth-order valence-corrected chi connectivity index (χ4v) is 1.84. The second kappa shape index (κ2) is 3.41. The molecule has 0 aromatic heterocycles. The number of amides is 1. The van der Waals surface area contributed by atoms with Crippen molar-refractivity contribution in [2.75, 3.05) is 17.2 Å². The summed E-state index contributed by atoms with van der Waals surface area (Å²) < 4.78 is 0. The maximum atomic E-state index is 11.9. The number of carbonyl (C=O) groups is 1. The van der Waals surface area contributed by atoms with E-state index in [1.807, 2.05) is 36.4 Å². The van der Waals surface area contributed by atoms with Gasteiger partial charge < -0.3 is 16.0 Å². The van der Waals surface area contributed by atoms with Crippen LogP contribution in [0.5, 0.6) is 0 Å². The van der Waals surface area contributed by atoms with Crippen molar-refractivity contribution in [1.29, 1.82) is 0 Å². The zero-order valence-electron chi connectivity index (χ0n) is 8.58. The van der Waals surface area contributed by atoms with E-state index in [0.29, 0.717) is 5.57 Å². The van der Waals surface area contributed by atoms with Gasteiger partial charge in [-0.3, -0.25) is 4.79 Å². The number of anilines is 2. The van der Waals surface area contributed by atoms with E-state index in [4.69, 9.17) is 0 Å². The second-order valence-electron chi connectivity index (χ2n) is 3.70. The SMILES string of the molecule is O=C1Nc2ccccc2NC2=C1C=CCN2. The van der Waals surface area contributed by atoms with Crippen molar-refractivity contribution in [3.05, 3.63) is 47.8 Å². The highest BCUT2D eigenvalue weighted by molar-refractivity contribution is 6.09. The van der Waals surface area contributed by atoms with Crippen LogP contribution in [0.4, 0.5) is 11.4 Å². The molecule has 2 aliphatic rings. The van der Waals surface area contributed by atoms with Gasteiger partial charge in [-0.15, -0.1) is 0 Å². The van der Waals surface area contributed by atoms with Crippen molar-refractivity contribution in [3.8, 4) is 0 Å². The Bertz CT molecular complexity index is 517. The van der Waals surface area contributed by atoms with Gasteiger partial charge in [0.15, 0.2) is 0 Å². The van der Waals surface area contributed by atoms with Crippen LogP contribution < -0.4 is 16.0 Å². The molecular weight excluding hydrogens is 202 g/mol. The van der Waals surface area contributed by atoms with Gasteiger partial charge in [-0.05, 0) is 18.2 Å². The Kier molecular flexibility index (Phi) is 1.93. The Morgan fingerprint density at radius 3 is 2.62 bits per heavy atom. The number of dihydropyridines is 1. The van der Waals surface area contributed by atoms with Crippen LogP contribution in [0, 0.1) is 0 Å². The lowest BCUT2D eigenvalue weighted by molar-refractivity contribution is -0.112. The van der Waals surface area contributed by atoms with E-state index in [-0.39, 0.29) is 5.91 Å². The van der Waals surface area contributed by atoms with Crippen molar-refractivity contribution in [2.45, 2.75) is 0 Å². The summed E-state index contributed by atoms with van der Waals surface area (Å²) in [6.07, 6.45) is 3.76. The predicted molar refractivity (Wildman–Crippen MR) is 62.9 cm³/mol. The van der Waals surface area contributed by atoms with Crippen molar-refractivity contribution in [3.63, 3.8) is 0 Å². The zero-order valence-corrected chi connectivity index (χ0v) is 8.58. The van der Waals surface area contributed by atoms with Gasteiger partial charge in [-0.1, -0.05) is 18.2 Å². The third-order valence-corrected chi connectivity index (χ3v) is 2.63. The number of hydrogen-bond acceptors (Lipinski definition) is 3. The quantitative estimate of drug-likeness (QED) is 0.611. The molecule has 0 atom stereocenters. The molecule has 1 aromatic rings. The molecule has 2 heterocycles. The summed E-state index contributed by atoms with van der Waals surface area (Å²) in [5.41, 5.74) is 2.35. The molecule has 0 saturated heterocycles. The smallest absolute Gasteiger partial charge is 0.259 e. The maximum absolute atomic E-state index is 11.9. The molecule has 2 aliphatic heterocycles. The summed E-state index contributed by atoms with van der Waals surface area (Å²) in [7, 11) is 0. The summed E-state index contributed by atoms with van der Waals surface area (Å²) in [5.74, 6) is 0.681.